The lowest BCUT2D eigenvalue weighted by atomic mass is 9.48. The second-order valence-corrected chi connectivity index (χ2v) is 12.0. The Hall–Kier alpha value is -2.95. The van der Waals surface area contributed by atoms with Crippen molar-refractivity contribution < 1.29 is 14.4 Å². The number of Topliss-reactive ketones (excluding diaryl/α,β-unsaturated/α-hetero) is 1. The average molecular weight is 485 g/mol. The summed E-state index contributed by atoms with van der Waals surface area (Å²) in [4.78, 5) is 44.4. The summed E-state index contributed by atoms with van der Waals surface area (Å²) in [6.45, 7) is 2.23. The predicted molar refractivity (Wildman–Crippen MR) is 139 cm³/mol. The number of ketones is 1. The van der Waals surface area contributed by atoms with Crippen LogP contribution in [0.25, 0.3) is 0 Å². The zero-order valence-electron chi connectivity index (χ0n) is 21.2. The number of benzene rings is 2. The van der Waals surface area contributed by atoms with Crippen LogP contribution in [0.5, 0.6) is 0 Å². The second-order valence-electron chi connectivity index (χ2n) is 12.0. The third-order valence-corrected chi connectivity index (χ3v) is 9.38. The highest BCUT2D eigenvalue weighted by molar-refractivity contribution is 6.08. The minimum absolute atomic E-state index is 0.0156. The van der Waals surface area contributed by atoms with E-state index in [1.54, 1.807) is 16.7 Å². The summed E-state index contributed by atoms with van der Waals surface area (Å²) < 4.78 is 0. The van der Waals surface area contributed by atoms with Gasteiger partial charge in [0.05, 0.1) is 12.2 Å². The Morgan fingerprint density at radius 2 is 1.50 bits per heavy atom. The molecule has 2 aromatic carbocycles. The molecule has 1 heterocycles. The number of carbonyl (C=O) groups excluding carboxylic acids is 3. The lowest BCUT2D eigenvalue weighted by Gasteiger charge is -2.58. The number of carbonyl (C=O) groups is 3. The van der Waals surface area contributed by atoms with Crippen LogP contribution in [0, 0.1) is 23.2 Å². The van der Waals surface area contributed by atoms with Crippen LogP contribution in [0.3, 0.4) is 0 Å². The van der Waals surface area contributed by atoms with Crippen LogP contribution in [0.2, 0.25) is 0 Å². The SMILES string of the molecule is CC(=O)N1CCC(=O)c2ccccc2N(Cc2ccccc2)C(=O)C1CC12CC3CC(CC(C3)C1)C2. The van der Waals surface area contributed by atoms with Crippen molar-refractivity contribution in [3.8, 4) is 0 Å². The van der Waals surface area contributed by atoms with E-state index in [1.165, 1.54) is 38.5 Å². The van der Waals surface area contributed by atoms with Gasteiger partial charge >= 0.3 is 0 Å². The average Bonchev–Trinajstić information content (AvgIpc) is 2.89. The molecule has 5 aliphatic rings. The molecular weight excluding hydrogens is 448 g/mol. The van der Waals surface area contributed by atoms with Gasteiger partial charge in [-0.15, -0.1) is 0 Å². The van der Waals surface area contributed by atoms with Crippen molar-refractivity contribution in [3.05, 3.63) is 65.7 Å². The van der Waals surface area contributed by atoms with Gasteiger partial charge in [0.1, 0.15) is 6.04 Å². The Kier molecular flexibility index (Phi) is 5.97. The van der Waals surface area contributed by atoms with Gasteiger partial charge in [-0.1, -0.05) is 42.5 Å². The molecule has 4 fully saturated rings. The van der Waals surface area contributed by atoms with Gasteiger partial charge in [0.15, 0.2) is 5.78 Å². The summed E-state index contributed by atoms with van der Waals surface area (Å²) in [5.74, 6) is 2.14. The third kappa shape index (κ3) is 4.27. The van der Waals surface area contributed by atoms with Gasteiger partial charge < -0.3 is 9.80 Å². The summed E-state index contributed by atoms with van der Waals surface area (Å²) in [5, 5.41) is 0. The number of nitrogens with zero attached hydrogens (tertiary/aromatic N) is 2. The zero-order valence-corrected chi connectivity index (χ0v) is 21.2. The Bertz CT molecular complexity index is 1140. The Labute approximate surface area is 213 Å². The molecule has 36 heavy (non-hydrogen) atoms. The topological polar surface area (TPSA) is 57.7 Å². The number of para-hydroxylation sites is 1. The van der Waals surface area contributed by atoms with Crippen LogP contribution in [-0.4, -0.2) is 35.1 Å². The molecule has 0 radical (unpaired) electrons. The first-order chi connectivity index (χ1) is 17.4. The molecule has 1 atom stereocenters. The van der Waals surface area contributed by atoms with E-state index in [2.05, 4.69) is 0 Å². The maximum Gasteiger partial charge on any atom is 0.250 e. The largest absolute Gasteiger partial charge is 0.330 e. The Morgan fingerprint density at radius 3 is 2.14 bits per heavy atom. The summed E-state index contributed by atoms with van der Waals surface area (Å²) in [6.07, 6.45) is 8.54. The molecule has 0 saturated heterocycles. The number of fused-ring (bicyclic) bond motifs is 1. The fourth-order valence-electron chi connectivity index (χ4n) is 8.34. The van der Waals surface area contributed by atoms with Gasteiger partial charge in [0.25, 0.3) is 0 Å². The highest BCUT2D eigenvalue weighted by Gasteiger charge is 2.53. The van der Waals surface area contributed by atoms with Crippen molar-refractivity contribution in [1.29, 1.82) is 0 Å². The van der Waals surface area contributed by atoms with E-state index in [9.17, 15) is 14.4 Å². The van der Waals surface area contributed by atoms with E-state index in [-0.39, 0.29) is 29.4 Å². The van der Waals surface area contributed by atoms with E-state index in [1.807, 2.05) is 54.6 Å². The molecule has 4 bridgehead atoms. The smallest absolute Gasteiger partial charge is 0.250 e. The third-order valence-electron chi connectivity index (χ3n) is 9.38. The molecule has 1 unspecified atom stereocenters. The van der Waals surface area contributed by atoms with Crippen LogP contribution in [0.1, 0.15) is 74.2 Å². The number of amides is 2. The quantitative estimate of drug-likeness (QED) is 0.565. The monoisotopic (exact) mass is 484 g/mol. The molecule has 4 saturated carbocycles. The lowest BCUT2D eigenvalue weighted by Crippen LogP contribution is -2.55. The summed E-state index contributed by atoms with van der Waals surface area (Å²) >= 11 is 0. The molecular formula is C31H36N2O3. The minimum atomic E-state index is -0.540. The number of hydrogen-bond acceptors (Lipinski definition) is 3. The molecule has 4 aliphatic carbocycles. The highest BCUT2D eigenvalue weighted by Crippen LogP contribution is 2.62. The molecule has 1 aliphatic heterocycles. The molecule has 7 rings (SSSR count). The van der Waals surface area contributed by atoms with Gasteiger partial charge in [0.2, 0.25) is 11.8 Å². The maximum absolute atomic E-state index is 14.6. The van der Waals surface area contributed by atoms with Crippen LogP contribution >= 0.6 is 0 Å². The number of rotatable bonds is 4. The van der Waals surface area contributed by atoms with Crippen molar-refractivity contribution in [3.63, 3.8) is 0 Å². The van der Waals surface area contributed by atoms with Crippen molar-refractivity contribution in [2.75, 3.05) is 11.4 Å². The molecule has 0 N–H and O–H groups in total. The van der Waals surface area contributed by atoms with E-state index >= 15 is 0 Å². The molecule has 5 heteroatoms. The van der Waals surface area contributed by atoms with Crippen molar-refractivity contribution in [2.45, 2.75) is 70.9 Å². The highest BCUT2D eigenvalue weighted by atomic mass is 16.2. The van der Waals surface area contributed by atoms with Crippen LogP contribution in [-0.2, 0) is 16.1 Å². The second kappa shape index (κ2) is 9.17. The summed E-state index contributed by atoms with van der Waals surface area (Å²) in [6, 6.07) is 16.9. The first-order valence-electron chi connectivity index (χ1n) is 13.7. The van der Waals surface area contributed by atoms with Crippen LogP contribution in [0.15, 0.2) is 54.6 Å². The minimum Gasteiger partial charge on any atom is -0.330 e. The van der Waals surface area contributed by atoms with E-state index in [0.717, 1.165) is 29.7 Å². The first-order valence-corrected chi connectivity index (χ1v) is 13.7. The molecule has 188 valence electrons. The maximum atomic E-state index is 14.6. The summed E-state index contributed by atoms with van der Waals surface area (Å²) in [5.41, 5.74) is 2.38. The molecule has 0 spiro atoms. The van der Waals surface area contributed by atoms with Gasteiger partial charge in [-0.25, -0.2) is 0 Å². The van der Waals surface area contributed by atoms with Gasteiger partial charge in [-0.05, 0) is 85.8 Å². The summed E-state index contributed by atoms with van der Waals surface area (Å²) in [7, 11) is 0. The van der Waals surface area contributed by atoms with Crippen LogP contribution in [0.4, 0.5) is 5.69 Å². The normalized spacial score (nSPS) is 31.6. The fraction of sp³-hybridized carbons (Fsp3) is 0.516. The molecule has 2 amide bonds. The number of hydrogen-bond donors (Lipinski definition) is 0. The first kappa shape index (κ1) is 23.4. The molecule has 2 aromatic rings. The van der Waals surface area contributed by atoms with Crippen LogP contribution < -0.4 is 4.90 Å². The van der Waals surface area contributed by atoms with E-state index in [0.29, 0.717) is 24.3 Å². The van der Waals surface area contributed by atoms with Gasteiger partial charge in [-0.2, -0.15) is 0 Å². The number of anilines is 1. The van der Waals surface area contributed by atoms with Gasteiger partial charge in [-0.3, -0.25) is 14.4 Å². The van der Waals surface area contributed by atoms with Crippen molar-refractivity contribution in [2.24, 2.45) is 23.2 Å². The van der Waals surface area contributed by atoms with Gasteiger partial charge in [0, 0.05) is 25.5 Å². The molecule has 0 aromatic heterocycles. The fourth-order valence-corrected chi connectivity index (χ4v) is 8.34. The Morgan fingerprint density at radius 1 is 0.889 bits per heavy atom. The van der Waals surface area contributed by atoms with E-state index < -0.39 is 6.04 Å². The predicted octanol–water partition coefficient (Wildman–Crippen LogP) is 5.63. The Balaban J connectivity index is 1.42. The van der Waals surface area contributed by atoms with Crippen molar-refractivity contribution >= 4 is 23.3 Å². The molecule has 5 nitrogen and oxygen atoms in total. The van der Waals surface area contributed by atoms with Crippen molar-refractivity contribution in [1.82, 2.24) is 4.90 Å². The lowest BCUT2D eigenvalue weighted by molar-refractivity contribution is -0.142. The zero-order chi connectivity index (χ0) is 24.9. The van der Waals surface area contributed by atoms with E-state index in [4.69, 9.17) is 0 Å². The standard InChI is InChI=1S/C31H36N2O3/c1-21(34)32-12-11-29(35)26-9-5-6-10-27(26)33(20-22-7-3-2-4-8-22)30(36)28(32)19-31-16-23-13-24(17-31)15-25(14-23)18-31/h2-10,23-25,28H,11-20H2,1H3.